The van der Waals surface area contributed by atoms with Gasteiger partial charge in [0.15, 0.2) is 11.5 Å². The summed E-state index contributed by atoms with van der Waals surface area (Å²) in [6.07, 6.45) is -5.03. The van der Waals surface area contributed by atoms with Crippen molar-refractivity contribution in [1.29, 1.82) is 0 Å². The third-order valence-electron chi connectivity index (χ3n) is 1.47. The predicted octanol–water partition coefficient (Wildman–Crippen LogP) is 3.53. The maximum atomic E-state index is 12.0. The number of halogens is 6. The predicted molar refractivity (Wildman–Crippen MR) is 51.9 cm³/mol. The Bertz CT molecular complexity index is 410. The first-order valence-electron chi connectivity index (χ1n) is 3.98. The molecule has 2 N–H and O–H groups in total. The first-order chi connectivity index (χ1) is 7.69. The summed E-state index contributed by atoms with van der Waals surface area (Å²) in [6, 6.07) is 1.87. The molecule has 0 amide bonds. The molecule has 0 aromatic heterocycles. The summed E-state index contributed by atoms with van der Waals surface area (Å²) in [6.45, 7) is -3.29. The van der Waals surface area contributed by atoms with E-state index in [1.54, 1.807) is 0 Å². The minimum atomic E-state index is -5.03. The molecule has 0 saturated carbocycles. The van der Waals surface area contributed by atoms with Crippen LogP contribution in [0.5, 0.6) is 11.5 Å². The van der Waals surface area contributed by atoms with E-state index in [-0.39, 0.29) is 10.2 Å². The van der Waals surface area contributed by atoms with Crippen LogP contribution in [0.4, 0.5) is 27.6 Å². The SMILES string of the molecule is Nc1cc(Br)c(OC(F)(F)F)c(OC(F)F)c1. The monoisotopic (exact) mass is 321 g/mol. The van der Waals surface area contributed by atoms with Crippen LogP contribution in [0.25, 0.3) is 0 Å². The topological polar surface area (TPSA) is 44.5 Å². The Hall–Kier alpha value is -1.25. The third kappa shape index (κ3) is 4.25. The average Bonchev–Trinajstić information content (AvgIpc) is 2.08. The van der Waals surface area contributed by atoms with E-state index in [1.807, 2.05) is 0 Å². The highest BCUT2D eigenvalue weighted by molar-refractivity contribution is 9.10. The zero-order valence-corrected chi connectivity index (χ0v) is 9.48. The molecule has 0 unspecified atom stereocenters. The normalized spacial score (nSPS) is 11.7. The molecule has 0 aliphatic carbocycles. The highest BCUT2D eigenvalue weighted by Gasteiger charge is 2.34. The van der Waals surface area contributed by atoms with Gasteiger partial charge in [-0.3, -0.25) is 0 Å². The molecule has 3 nitrogen and oxygen atoms in total. The van der Waals surface area contributed by atoms with Crippen LogP contribution in [0.2, 0.25) is 0 Å². The summed E-state index contributed by atoms with van der Waals surface area (Å²) in [4.78, 5) is 0. The lowest BCUT2D eigenvalue weighted by Gasteiger charge is -2.15. The van der Waals surface area contributed by atoms with Gasteiger partial charge in [-0.25, -0.2) is 0 Å². The summed E-state index contributed by atoms with van der Waals surface area (Å²) in [5, 5.41) is 0. The number of hydrogen-bond donors (Lipinski definition) is 1. The standard InChI is InChI=1S/C8H5BrF5NO2/c9-4-1-3(15)2-5(16-7(10)11)6(4)17-8(12,13)14/h1-2,7H,15H2. The molecule has 1 rings (SSSR count). The van der Waals surface area contributed by atoms with Crippen LogP contribution in [0, 0.1) is 0 Å². The summed E-state index contributed by atoms with van der Waals surface area (Å²) in [5.41, 5.74) is 5.22. The smallest absolute Gasteiger partial charge is 0.431 e. The van der Waals surface area contributed by atoms with Gasteiger partial charge in [0, 0.05) is 11.8 Å². The molecular weight excluding hydrogens is 317 g/mol. The number of anilines is 1. The molecule has 0 aliphatic heterocycles. The van der Waals surface area contributed by atoms with Crippen molar-refractivity contribution in [3.05, 3.63) is 16.6 Å². The van der Waals surface area contributed by atoms with Crippen molar-refractivity contribution in [2.75, 3.05) is 5.73 Å². The van der Waals surface area contributed by atoms with E-state index in [0.29, 0.717) is 0 Å². The second-order valence-electron chi connectivity index (χ2n) is 2.76. The number of rotatable bonds is 3. The minimum absolute atomic E-state index is 0.0537. The lowest BCUT2D eigenvalue weighted by Crippen LogP contribution is -2.18. The first-order valence-corrected chi connectivity index (χ1v) is 4.78. The third-order valence-corrected chi connectivity index (χ3v) is 2.05. The zero-order valence-electron chi connectivity index (χ0n) is 7.89. The van der Waals surface area contributed by atoms with Gasteiger partial charge in [-0.05, 0) is 22.0 Å². The molecule has 0 heterocycles. The van der Waals surface area contributed by atoms with Crippen molar-refractivity contribution < 1.29 is 31.4 Å². The summed E-state index contributed by atoms with van der Waals surface area (Å²) in [7, 11) is 0. The van der Waals surface area contributed by atoms with Crippen molar-refractivity contribution >= 4 is 21.6 Å². The number of alkyl halides is 5. The van der Waals surface area contributed by atoms with Crippen molar-refractivity contribution in [1.82, 2.24) is 0 Å². The molecule has 0 atom stereocenters. The summed E-state index contributed by atoms with van der Waals surface area (Å²) < 4.78 is 67.2. The van der Waals surface area contributed by atoms with E-state index in [1.165, 1.54) is 0 Å². The van der Waals surface area contributed by atoms with E-state index in [0.717, 1.165) is 12.1 Å². The zero-order chi connectivity index (χ0) is 13.2. The number of nitrogen functional groups attached to an aromatic ring is 1. The molecule has 0 fully saturated rings. The second-order valence-corrected chi connectivity index (χ2v) is 3.61. The van der Waals surface area contributed by atoms with Crippen LogP contribution in [-0.2, 0) is 0 Å². The molecule has 9 heteroatoms. The summed E-state index contributed by atoms with van der Waals surface area (Å²) in [5.74, 6) is -1.71. The fraction of sp³-hybridized carbons (Fsp3) is 0.250. The fourth-order valence-corrected chi connectivity index (χ4v) is 1.53. The van der Waals surface area contributed by atoms with Crippen molar-refractivity contribution in [2.45, 2.75) is 13.0 Å². The number of hydrogen-bond acceptors (Lipinski definition) is 3. The van der Waals surface area contributed by atoms with Crippen LogP contribution < -0.4 is 15.2 Å². The minimum Gasteiger partial charge on any atom is -0.431 e. The molecule has 1 aromatic carbocycles. The van der Waals surface area contributed by atoms with E-state index >= 15 is 0 Å². The number of nitrogens with two attached hydrogens (primary N) is 1. The van der Waals surface area contributed by atoms with Gasteiger partial charge in [-0.1, -0.05) is 0 Å². The molecule has 0 bridgehead atoms. The molecule has 0 radical (unpaired) electrons. The lowest BCUT2D eigenvalue weighted by atomic mass is 10.3. The molecule has 0 aliphatic rings. The first kappa shape index (κ1) is 13.8. The van der Waals surface area contributed by atoms with Gasteiger partial charge >= 0.3 is 13.0 Å². The van der Waals surface area contributed by atoms with Crippen LogP contribution in [-0.4, -0.2) is 13.0 Å². The van der Waals surface area contributed by atoms with E-state index in [9.17, 15) is 22.0 Å². The van der Waals surface area contributed by atoms with Gasteiger partial charge in [0.05, 0.1) is 4.47 Å². The highest BCUT2D eigenvalue weighted by atomic mass is 79.9. The molecule has 1 aromatic rings. The van der Waals surface area contributed by atoms with Crippen molar-refractivity contribution in [2.24, 2.45) is 0 Å². The van der Waals surface area contributed by atoms with Gasteiger partial charge in [-0.15, -0.1) is 13.2 Å². The summed E-state index contributed by atoms with van der Waals surface area (Å²) >= 11 is 2.71. The molecule has 0 saturated heterocycles. The van der Waals surface area contributed by atoms with Gasteiger partial charge in [-0.2, -0.15) is 8.78 Å². The Morgan fingerprint density at radius 3 is 2.29 bits per heavy atom. The Labute approximate surface area is 100 Å². The lowest BCUT2D eigenvalue weighted by molar-refractivity contribution is -0.275. The van der Waals surface area contributed by atoms with E-state index in [4.69, 9.17) is 5.73 Å². The van der Waals surface area contributed by atoms with E-state index in [2.05, 4.69) is 25.4 Å². The van der Waals surface area contributed by atoms with Crippen LogP contribution >= 0.6 is 15.9 Å². The molecule has 0 spiro atoms. The average molecular weight is 322 g/mol. The van der Waals surface area contributed by atoms with Crippen molar-refractivity contribution in [3.8, 4) is 11.5 Å². The fourth-order valence-electron chi connectivity index (χ4n) is 0.986. The number of ether oxygens (including phenoxy) is 2. The quantitative estimate of drug-likeness (QED) is 0.684. The largest absolute Gasteiger partial charge is 0.573 e. The Kier molecular flexibility index (Phi) is 4.02. The van der Waals surface area contributed by atoms with Crippen LogP contribution in [0.15, 0.2) is 16.6 Å². The Balaban J connectivity index is 3.16. The highest BCUT2D eigenvalue weighted by Crippen LogP contribution is 2.41. The Morgan fingerprint density at radius 2 is 1.82 bits per heavy atom. The Morgan fingerprint density at radius 1 is 1.24 bits per heavy atom. The number of benzene rings is 1. The van der Waals surface area contributed by atoms with Crippen LogP contribution in [0.3, 0.4) is 0 Å². The molecular formula is C8H5BrF5NO2. The van der Waals surface area contributed by atoms with Crippen LogP contribution in [0.1, 0.15) is 0 Å². The van der Waals surface area contributed by atoms with E-state index < -0.39 is 24.5 Å². The van der Waals surface area contributed by atoms with Gasteiger partial charge in [0.1, 0.15) is 0 Å². The van der Waals surface area contributed by atoms with Crippen molar-refractivity contribution in [3.63, 3.8) is 0 Å². The van der Waals surface area contributed by atoms with Gasteiger partial charge in [0.25, 0.3) is 0 Å². The molecule has 96 valence electrons. The van der Waals surface area contributed by atoms with Gasteiger partial charge in [0.2, 0.25) is 0 Å². The maximum Gasteiger partial charge on any atom is 0.573 e. The van der Waals surface area contributed by atoms with Gasteiger partial charge < -0.3 is 15.2 Å². The molecule has 17 heavy (non-hydrogen) atoms. The second kappa shape index (κ2) is 4.94. The maximum absolute atomic E-state index is 12.0.